The maximum Gasteiger partial charge on any atom is 0.225 e. The molecule has 0 spiro atoms. The van der Waals surface area contributed by atoms with Crippen LogP contribution in [0.25, 0.3) is 0 Å². The topological polar surface area (TPSA) is 55.1 Å². The molecule has 2 bridgehead atoms. The van der Waals surface area contributed by atoms with Crippen LogP contribution >= 0.6 is 11.8 Å². The van der Waals surface area contributed by atoms with Crippen molar-refractivity contribution in [2.24, 2.45) is 23.5 Å². The SMILES string of the molecule is CCC(CSC)NC(=O)C1C2CCC(C2)C1N. The van der Waals surface area contributed by atoms with Crippen molar-refractivity contribution in [1.29, 1.82) is 0 Å². The summed E-state index contributed by atoms with van der Waals surface area (Å²) < 4.78 is 0. The van der Waals surface area contributed by atoms with E-state index in [-0.39, 0.29) is 17.9 Å². The van der Waals surface area contributed by atoms with Crippen molar-refractivity contribution in [1.82, 2.24) is 5.32 Å². The predicted octanol–water partition coefficient (Wildman–Crippen LogP) is 1.62. The lowest BCUT2D eigenvalue weighted by Crippen LogP contribution is -2.48. The molecular weight excluding hydrogens is 232 g/mol. The zero-order valence-corrected chi connectivity index (χ0v) is 11.6. The summed E-state index contributed by atoms with van der Waals surface area (Å²) in [4.78, 5) is 12.3. The Hall–Kier alpha value is -0.220. The van der Waals surface area contributed by atoms with Crippen molar-refractivity contribution in [2.75, 3.05) is 12.0 Å². The number of hydrogen-bond acceptors (Lipinski definition) is 3. The highest BCUT2D eigenvalue weighted by molar-refractivity contribution is 7.98. The van der Waals surface area contributed by atoms with E-state index in [4.69, 9.17) is 5.73 Å². The van der Waals surface area contributed by atoms with Crippen LogP contribution in [0.3, 0.4) is 0 Å². The van der Waals surface area contributed by atoms with Crippen molar-refractivity contribution in [3.63, 3.8) is 0 Å². The van der Waals surface area contributed by atoms with Gasteiger partial charge in [-0.1, -0.05) is 6.92 Å². The molecule has 2 fully saturated rings. The smallest absolute Gasteiger partial charge is 0.225 e. The van der Waals surface area contributed by atoms with Crippen LogP contribution in [0, 0.1) is 17.8 Å². The number of nitrogens with one attached hydrogen (secondary N) is 1. The number of carbonyl (C=O) groups excluding carboxylic acids is 1. The van der Waals surface area contributed by atoms with Gasteiger partial charge in [-0.15, -0.1) is 0 Å². The first-order chi connectivity index (χ1) is 8.17. The Labute approximate surface area is 108 Å². The lowest BCUT2D eigenvalue weighted by Gasteiger charge is -2.28. The summed E-state index contributed by atoms with van der Waals surface area (Å²) in [6.07, 6.45) is 6.70. The summed E-state index contributed by atoms with van der Waals surface area (Å²) in [6.45, 7) is 2.13. The quantitative estimate of drug-likeness (QED) is 0.786. The van der Waals surface area contributed by atoms with E-state index in [2.05, 4.69) is 18.5 Å². The monoisotopic (exact) mass is 256 g/mol. The number of carbonyl (C=O) groups is 1. The fourth-order valence-electron chi connectivity index (χ4n) is 3.49. The second-order valence-corrected chi connectivity index (χ2v) is 6.42. The molecule has 2 aliphatic carbocycles. The van der Waals surface area contributed by atoms with Gasteiger partial charge in [0.25, 0.3) is 0 Å². The molecule has 0 radical (unpaired) electrons. The maximum atomic E-state index is 12.3. The summed E-state index contributed by atoms with van der Waals surface area (Å²) in [5.41, 5.74) is 6.19. The van der Waals surface area contributed by atoms with Gasteiger partial charge in [0.05, 0.1) is 5.92 Å². The van der Waals surface area contributed by atoms with Crippen LogP contribution in [0.2, 0.25) is 0 Å². The van der Waals surface area contributed by atoms with Gasteiger partial charge < -0.3 is 11.1 Å². The minimum Gasteiger partial charge on any atom is -0.352 e. The minimum atomic E-state index is 0.0876. The first-order valence-electron chi connectivity index (χ1n) is 6.72. The lowest BCUT2D eigenvalue weighted by molar-refractivity contribution is -0.127. The van der Waals surface area contributed by atoms with Crippen molar-refractivity contribution < 1.29 is 4.79 Å². The number of hydrogen-bond donors (Lipinski definition) is 2. The molecule has 5 unspecified atom stereocenters. The average Bonchev–Trinajstić information content (AvgIpc) is 2.88. The highest BCUT2D eigenvalue weighted by Gasteiger charge is 2.49. The zero-order chi connectivity index (χ0) is 12.4. The highest BCUT2D eigenvalue weighted by Crippen LogP contribution is 2.47. The first kappa shape index (κ1) is 13.2. The normalized spacial score (nSPS) is 37.1. The van der Waals surface area contributed by atoms with E-state index in [9.17, 15) is 4.79 Å². The summed E-state index contributed by atoms with van der Waals surface area (Å²) >= 11 is 1.79. The third-order valence-corrected chi connectivity index (χ3v) is 5.23. The molecule has 3 nitrogen and oxygen atoms in total. The third-order valence-electron chi connectivity index (χ3n) is 4.49. The van der Waals surface area contributed by atoms with Crippen molar-refractivity contribution in [2.45, 2.75) is 44.7 Å². The van der Waals surface area contributed by atoms with Crippen LogP contribution < -0.4 is 11.1 Å². The number of rotatable bonds is 5. The van der Waals surface area contributed by atoms with Gasteiger partial charge in [0.2, 0.25) is 5.91 Å². The van der Waals surface area contributed by atoms with Gasteiger partial charge in [0, 0.05) is 17.8 Å². The molecule has 1 amide bonds. The molecule has 2 saturated carbocycles. The molecule has 2 rings (SSSR count). The molecule has 98 valence electrons. The van der Waals surface area contributed by atoms with Crippen molar-refractivity contribution in [3.8, 4) is 0 Å². The standard InChI is InChI=1S/C13H24N2OS/c1-3-10(7-17-2)15-13(16)11-8-4-5-9(6-8)12(11)14/h8-12H,3-7,14H2,1-2H3,(H,15,16). The van der Waals surface area contributed by atoms with E-state index in [0.717, 1.165) is 12.2 Å². The van der Waals surface area contributed by atoms with Gasteiger partial charge in [-0.25, -0.2) is 0 Å². The zero-order valence-electron chi connectivity index (χ0n) is 10.8. The first-order valence-corrected chi connectivity index (χ1v) is 8.11. The Balaban J connectivity index is 1.91. The Morgan fingerprint density at radius 3 is 2.71 bits per heavy atom. The van der Waals surface area contributed by atoms with E-state index in [1.54, 1.807) is 11.8 Å². The van der Waals surface area contributed by atoms with Gasteiger partial charge in [0.1, 0.15) is 0 Å². The highest BCUT2D eigenvalue weighted by atomic mass is 32.2. The Morgan fingerprint density at radius 1 is 1.47 bits per heavy atom. The molecule has 0 aromatic rings. The summed E-state index contributed by atoms with van der Waals surface area (Å²) in [5.74, 6) is 2.46. The van der Waals surface area contributed by atoms with E-state index >= 15 is 0 Å². The molecule has 2 aliphatic rings. The molecule has 0 saturated heterocycles. The summed E-state index contributed by atoms with van der Waals surface area (Å²) in [6, 6.07) is 0.421. The summed E-state index contributed by atoms with van der Waals surface area (Å²) in [5, 5.41) is 3.19. The number of amides is 1. The van der Waals surface area contributed by atoms with Crippen LogP contribution in [-0.2, 0) is 4.79 Å². The van der Waals surface area contributed by atoms with Crippen molar-refractivity contribution >= 4 is 17.7 Å². The van der Waals surface area contributed by atoms with Gasteiger partial charge in [-0.05, 0) is 43.8 Å². The van der Waals surface area contributed by atoms with Gasteiger partial charge in [-0.3, -0.25) is 4.79 Å². The molecule has 0 aliphatic heterocycles. The minimum absolute atomic E-state index is 0.0876. The van der Waals surface area contributed by atoms with Crippen LogP contribution in [0.15, 0.2) is 0 Å². The fourth-order valence-corrected chi connectivity index (χ4v) is 4.21. The van der Waals surface area contributed by atoms with E-state index in [1.165, 1.54) is 19.3 Å². The van der Waals surface area contributed by atoms with Gasteiger partial charge in [0.15, 0.2) is 0 Å². The summed E-state index contributed by atoms with van der Waals surface area (Å²) in [7, 11) is 0. The average molecular weight is 256 g/mol. The Bertz CT molecular complexity index is 283. The molecular formula is C13H24N2OS. The van der Waals surface area contributed by atoms with E-state index in [0.29, 0.717) is 17.9 Å². The maximum absolute atomic E-state index is 12.3. The molecule has 4 heteroatoms. The van der Waals surface area contributed by atoms with Gasteiger partial charge >= 0.3 is 0 Å². The van der Waals surface area contributed by atoms with Crippen molar-refractivity contribution in [3.05, 3.63) is 0 Å². The van der Waals surface area contributed by atoms with Crippen LogP contribution in [0.1, 0.15) is 32.6 Å². The van der Waals surface area contributed by atoms with E-state index < -0.39 is 0 Å². The number of fused-ring (bicyclic) bond motifs is 2. The van der Waals surface area contributed by atoms with Gasteiger partial charge in [-0.2, -0.15) is 11.8 Å². The molecule has 3 N–H and O–H groups in total. The number of nitrogens with two attached hydrogens (primary N) is 1. The third kappa shape index (κ3) is 2.63. The number of thioether (sulfide) groups is 1. The lowest BCUT2D eigenvalue weighted by atomic mass is 9.84. The Morgan fingerprint density at radius 2 is 2.18 bits per heavy atom. The predicted molar refractivity (Wildman–Crippen MR) is 72.9 cm³/mol. The van der Waals surface area contributed by atoms with Crippen LogP contribution in [-0.4, -0.2) is 30.0 Å². The molecule has 5 atom stereocenters. The Kier molecular flexibility index (Phi) is 4.36. The molecule has 0 heterocycles. The molecule has 0 aromatic carbocycles. The van der Waals surface area contributed by atoms with Crippen LogP contribution in [0.5, 0.6) is 0 Å². The molecule has 17 heavy (non-hydrogen) atoms. The molecule has 0 aromatic heterocycles. The van der Waals surface area contributed by atoms with Crippen LogP contribution in [0.4, 0.5) is 0 Å². The second kappa shape index (κ2) is 5.61. The second-order valence-electron chi connectivity index (χ2n) is 5.51. The van der Waals surface area contributed by atoms with E-state index in [1.807, 2.05) is 0 Å². The fraction of sp³-hybridized carbons (Fsp3) is 0.923. The largest absolute Gasteiger partial charge is 0.352 e.